The number of carbonyl (C=O) groups is 2. The van der Waals surface area contributed by atoms with E-state index >= 15 is 0 Å². The molecule has 0 aliphatic heterocycles. The molecule has 3 atom stereocenters. The molecule has 5 rings (SSSR count). The van der Waals surface area contributed by atoms with Crippen molar-refractivity contribution in [2.75, 3.05) is 7.11 Å². The molecule has 1 heterocycles. The predicted molar refractivity (Wildman–Crippen MR) is 111 cm³/mol. The summed E-state index contributed by atoms with van der Waals surface area (Å²) in [6.45, 7) is 0. The number of rotatable bonds is 6. The molecule has 32 heavy (non-hydrogen) atoms. The highest BCUT2D eigenvalue weighted by atomic mass is 19.1. The van der Waals surface area contributed by atoms with E-state index in [0.29, 0.717) is 12.3 Å². The van der Waals surface area contributed by atoms with Crippen molar-refractivity contribution in [3.05, 3.63) is 82.7 Å². The average Bonchev–Trinajstić information content (AvgIpc) is 3.29. The van der Waals surface area contributed by atoms with Gasteiger partial charge in [-0.3, -0.25) is 4.79 Å². The molecule has 1 aromatic heterocycles. The van der Waals surface area contributed by atoms with Crippen molar-refractivity contribution >= 4 is 11.9 Å². The molecule has 0 spiro atoms. The lowest BCUT2D eigenvalue weighted by Crippen LogP contribution is -2.43. The van der Waals surface area contributed by atoms with E-state index in [0.717, 1.165) is 29.3 Å². The van der Waals surface area contributed by atoms with E-state index in [9.17, 15) is 18.4 Å². The lowest BCUT2D eigenvalue weighted by atomic mass is 10.1. The van der Waals surface area contributed by atoms with Crippen LogP contribution in [0, 0.1) is 17.6 Å². The van der Waals surface area contributed by atoms with Crippen LogP contribution in [0.15, 0.2) is 48.5 Å². The van der Waals surface area contributed by atoms with Crippen molar-refractivity contribution in [2.45, 2.75) is 31.2 Å². The number of carbonyl (C=O) groups excluding carboxylic acids is 2. The molecule has 2 aliphatic rings. The molecule has 8 heteroatoms. The Morgan fingerprint density at radius 2 is 2.00 bits per heavy atom. The minimum absolute atomic E-state index is 0.100. The predicted octanol–water partition coefficient (Wildman–Crippen LogP) is 3.32. The Bertz CT molecular complexity index is 1210. The molecule has 0 radical (unpaired) electrons. The number of fused-ring (bicyclic) bond motifs is 3. The third kappa shape index (κ3) is 3.55. The molecule has 2 aromatic carbocycles. The topological polar surface area (TPSA) is 73.2 Å². The van der Waals surface area contributed by atoms with Gasteiger partial charge < -0.3 is 10.1 Å². The molecule has 3 aromatic rings. The number of aromatic nitrogens is 2. The zero-order valence-corrected chi connectivity index (χ0v) is 17.3. The first-order valence-corrected chi connectivity index (χ1v) is 10.5. The maximum atomic E-state index is 14.5. The van der Waals surface area contributed by atoms with E-state index in [1.165, 1.54) is 23.9 Å². The van der Waals surface area contributed by atoms with Gasteiger partial charge in [0.25, 0.3) is 5.91 Å². The van der Waals surface area contributed by atoms with Crippen LogP contribution < -0.4 is 5.32 Å². The van der Waals surface area contributed by atoms with Crippen LogP contribution >= 0.6 is 0 Å². The van der Waals surface area contributed by atoms with Crippen LogP contribution in [0.5, 0.6) is 0 Å². The van der Waals surface area contributed by atoms with Crippen molar-refractivity contribution in [3.8, 4) is 5.69 Å². The molecular formula is C24H21F2N3O3. The third-order valence-electron chi connectivity index (χ3n) is 6.19. The van der Waals surface area contributed by atoms with Crippen LogP contribution in [0.25, 0.3) is 5.69 Å². The van der Waals surface area contributed by atoms with Gasteiger partial charge in [0.15, 0.2) is 11.5 Å². The molecule has 2 aliphatic carbocycles. The zero-order chi connectivity index (χ0) is 22.4. The quantitative estimate of drug-likeness (QED) is 0.601. The minimum Gasteiger partial charge on any atom is -0.467 e. The first kappa shape index (κ1) is 20.4. The number of esters is 1. The first-order chi connectivity index (χ1) is 15.5. The third-order valence-corrected chi connectivity index (χ3v) is 6.19. The molecule has 6 nitrogen and oxygen atoms in total. The van der Waals surface area contributed by atoms with Crippen molar-refractivity contribution in [2.24, 2.45) is 5.92 Å². The first-order valence-electron chi connectivity index (χ1n) is 10.5. The van der Waals surface area contributed by atoms with E-state index in [-0.39, 0.29) is 23.7 Å². The van der Waals surface area contributed by atoms with Crippen molar-refractivity contribution < 1.29 is 23.1 Å². The number of hydrogen-bond donors (Lipinski definition) is 1. The van der Waals surface area contributed by atoms with Gasteiger partial charge in [-0.05, 0) is 36.5 Å². The van der Waals surface area contributed by atoms with Crippen LogP contribution in [-0.4, -0.2) is 34.8 Å². The van der Waals surface area contributed by atoms with E-state index in [4.69, 9.17) is 4.74 Å². The second-order valence-corrected chi connectivity index (χ2v) is 8.27. The second-order valence-electron chi connectivity index (χ2n) is 8.27. The Hall–Kier alpha value is -3.55. The largest absolute Gasteiger partial charge is 0.467 e. The minimum atomic E-state index is -0.894. The van der Waals surface area contributed by atoms with Gasteiger partial charge in [0.1, 0.15) is 17.5 Å². The van der Waals surface area contributed by atoms with E-state index in [2.05, 4.69) is 10.4 Å². The highest BCUT2D eigenvalue weighted by Gasteiger charge is 2.50. The molecule has 0 saturated heterocycles. The number of ether oxygens (including phenoxy) is 1. The van der Waals surface area contributed by atoms with E-state index < -0.39 is 29.6 Å². The molecule has 164 valence electrons. The summed E-state index contributed by atoms with van der Waals surface area (Å²) in [5.41, 5.74) is 2.69. The number of methoxy groups -OCH3 is 1. The monoisotopic (exact) mass is 437 g/mol. The lowest BCUT2D eigenvalue weighted by molar-refractivity contribution is -0.142. The average molecular weight is 437 g/mol. The molecule has 1 saturated carbocycles. The Morgan fingerprint density at radius 3 is 2.72 bits per heavy atom. The Balaban J connectivity index is 1.47. The SMILES string of the molecule is COC(=O)[C@H](Cc1ccccc1)NC(=O)c1nn(-c2ccc(F)cc2F)c2c1C[C@H]1C[C@@H]21. The standard InChI is InChI=1S/C24H21F2N3O3/c1-32-24(31)19(9-13-5-3-2-4-6-13)27-23(30)21-17-11-14-10-16(14)22(17)29(28-21)20-8-7-15(25)12-18(20)26/h2-8,12,14,16,19H,9-11H2,1H3,(H,27,30)/t14-,16-,19+/m1/s1. The maximum absolute atomic E-state index is 14.5. The van der Waals surface area contributed by atoms with Crippen LogP contribution in [0.3, 0.4) is 0 Å². The van der Waals surface area contributed by atoms with Gasteiger partial charge in [-0.2, -0.15) is 5.10 Å². The van der Waals surface area contributed by atoms with Crippen LogP contribution in [0.1, 0.15) is 39.6 Å². The molecule has 1 N–H and O–H groups in total. The number of amides is 1. The fourth-order valence-corrected chi connectivity index (χ4v) is 4.55. The molecule has 1 fully saturated rings. The van der Waals surface area contributed by atoms with Crippen molar-refractivity contribution in [3.63, 3.8) is 0 Å². The van der Waals surface area contributed by atoms with E-state index in [1.54, 1.807) is 0 Å². The summed E-state index contributed by atoms with van der Waals surface area (Å²) in [7, 11) is 1.27. The number of nitrogens with one attached hydrogen (secondary N) is 1. The van der Waals surface area contributed by atoms with Crippen LogP contribution in [0.4, 0.5) is 8.78 Å². The second kappa shape index (κ2) is 7.85. The van der Waals surface area contributed by atoms with Gasteiger partial charge in [-0.25, -0.2) is 18.3 Å². The lowest BCUT2D eigenvalue weighted by Gasteiger charge is -2.16. The Labute approximate surface area is 183 Å². The summed E-state index contributed by atoms with van der Waals surface area (Å²) >= 11 is 0. The number of benzene rings is 2. The summed E-state index contributed by atoms with van der Waals surface area (Å²) in [6, 6.07) is 11.7. The van der Waals surface area contributed by atoms with Gasteiger partial charge in [-0.1, -0.05) is 30.3 Å². The Morgan fingerprint density at radius 1 is 1.22 bits per heavy atom. The van der Waals surface area contributed by atoms with Crippen LogP contribution in [0.2, 0.25) is 0 Å². The van der Waals surface area contributed by atoms with Crippen LogP contribution in [-0.2, 0) is 22.4 Å². The summed E-state index contributed by atoms with van der Waals surface area (Å²) in [5, 5.41) is 7.14. The summed E-state index contributed by atoms with van der Waals surface area (Å²) < 4.78 is 34.2. The zero-order valence-electron chi connectivity index (χ0n) is 17.3. The molecule has 0 bridgehead atoms. The van der Waals surface area contributed by atoms with Gasteiger partial charge in [0, 0.05) is 24.0 Å². The molecule has 1 amide bonds. The summed E-state index contributed by atoms with van der Waals surface area (Å²) in [5.74, 6) is -1.89. The Kier molecular flexibility index (Phi) is 5.00. The highest BCUT2D eigenvalue weighted by molar-refractivity contribution is 5.97. The fourth-order valence-electron chi connectivity index (χ4n) is 4.55. The number of nitrogens with zero attached hydrogens (tertiary/aromatic N) is 2. The summed E-state index contributed by atoms with van der Waals surface area (Å²) in [6.07, 6.45) is 1.90. The maximum Gasteiger partial charge on any atom is 0.328 e. The fraction of sp³-hybridized carbons (Fsp3) is 0.292. The van der Waals surface area contributed by atoms with Crippen molar-refractivity contribution in [1.82, 2.24) is 15.1 Å². The van der Waals surface area contributed by atoms with Gasteiger partial charge in [0.05, 0.1) is 12.8 Å². The van der Waals surface area contributed by atoms with Crippen molar-refractivity contribution in [1.29, 1.82) is 0 Å². The number of hydrogen-bond acceptors (Lipinski definition) is 4. The van der Waals surface area contributed by atoms with Gasteiger partial charge in [0.2, 0.25) is 0 Å². The smallest absolute Gasteiger partial charge is 0.328 e. The van der Waals surface area contributed by atoms with Gasteiger partial charge >= 0.3 is 5.97 Å². The van der Waals surface area contributed by atoms with E-state index in [1.807, 2.05) is 30.3 Å². The molecule has 0 unspecified atom stereocenters. The highest BCUT2D eigenvalue weighted by Crippen LogP contribution is 2.57. The number of halogens is 2. The van der Waals surface area contributed by atoms with Gasteiger partial charge in [-0.15, -0.1) is 0 Å². The normalized spacial score (nSPS) is 19.1. The summed E-state index contributed by atoms with van der Waals surface area (Å²) in [4.78, 5) is 25.5. The molecular weight excluding hydrogens is 416 g/mol.